The standard InChI is InChI=1S/C14H21NO2/c1-11-4-3-5-13(12(11)2)8-15-9-14(16)6-7-17-10-14/h3-5,15-16H,6-10H2,1-2H3. The van der Waals surface area contributed by atoms with E-state index in [1.54, 1.807) is 0 Å². The molecule has 1 aliphatic rings. The molecule has 2 rings (SSSR count). The van der Waals surface area contributed by atoms with Gasteiger partial charge in [0.25, 0.3) is 0 Å². The van der Waals surface area contributed by atoms with E-state index in [0.29, 0.717) is 19.8 Å². The molecular formula is C14H21NO2. The van der Waals surface area contributed by atoms with Crippen molar-refractivity contribution in [2.24, 2.45) is 0 Å². The lowest BCUT2D eigenvalue weighted by molar-refractivity contribution is 0.0268. The molecular weight excluding hydrogens is 214 g/mol. The molecule has 3 nitrogen and oxygen atoms in total. The minimum atomic E-state index is -0.669. The summed E-state index contributed by atoms with van der Waals surface area (Å²) in [4.78, 5) is 0. The van der Waals surface area contributed by atoms with Crippen molar-refractivity contribution in [3.63, 3.8) is 0 Å². The van der Waals surface area contributed by atoms with Crippen molar-refractivity contribution < 1.29 is 9.84 Å². The summed E-state index contributed by atoms with van der Waals surface area (Å²) in [5.74, 6) is 0. The van der Waals surface area contributed by atoms with E-state index in [9.17, 15) is 5.11 Å². The third-order valence-corrected chi connectivity index (χ3v) is 3.57. The molecule has 17 heavy (non-hydrogen) atoms. The molecule has 0 spiro atoms. The predicted molar refractivity (Wildman–Crippen MR) is 68.0 cm³/mol. The van der Waals surface area contributed by atoms with Gasteiger partial charge in [0.1, 0.15) is 5.60 Å². The fraction of sp³-hybridized carbons (Fsp3) is 0.571. The monoisotopic (exact) mass is 235 g/mol. The Labute approximate surface area is 103 Å². The van der Waals surface area contributed by atoms with Crippen LogP contribution in [-0.2, 0) is 11.3 Å². The van der Waals surface area contributed by atoms with Gasteiger partial charge in [-0.1, -0.05) is 18.2 Å². The van der Waals surface area contributed by atoms with E-state index in [1.165, 1.54) is 16.7 Å². The zero-order valence-electron chi connectivity index (χ0n) is 10.6. The summed E-state index contributed by atoms with van der Waals surface area (Å²) in [5.41, 5.74) is 3.27. The van der Waals surface area contributed by atoms with E-state index >= 15 is 0 Å². The van der Waals surface area contributed by atoms with Crippen molar-refractivity contribution in [1.82, 2.24) is 5.32 Å². The van der Waals surface area contributed by atoms with Gasteiger partial charge in [-0.05, 0) is 30.5 Å². The highest BCUT2D eigenvalue weighted by Gasteiger charge is 2.31. The number of rotatable bonds is 4. The molecule has 1 fully saturated rings. The van der Waals surface area contributed by atoms with Crippen LogP contribution in [0.5, 0.6) is 0 Å². The fourth-order valence-electron chi connectivity index (χ4n) is 2.17. The van der Waals surface area contributed by atoms with Gasteiger partial charge in [0.15, 0.2) is 0 Å². The number of aryl methyl sites for hydroxylation is 1. The maximum atomic E-state index is 10.1. The number of hydrogen-bond donors (Lipinski definition) is 2. The van der Waals surface area contributed by atoms with Crippen molar-refractivity contribution in [3.05, 3.63) is 34.9 Å². The molecule has 0 aromatic heterocycles. The summed E-state index contributed by atoms with van der Waals surface area (Å²) in [6, 6.07) is 6.33. The molecule has 0 radical (unpaired) electrons. The topological polar surface area (TPSA) is 41.5 Å². The average molecular weight is 235 g/mol. The third-order valence-electron chi connectivity index (χ3n) is 3.57. The zero-order valence-corrected chi connectivity index (χ0v) is 10.6. The van der Waals surface area contributed by atoms with Gasteiger partial charge in [0, 0.05) is 26.1 Å². The lowest BCUT2D eigenvalue weighted by Gasteiger charge is -2.21. The summed E-state index contributed by atoms with van der Waals surface area (Å²) >= 11 is 0. The van der Waals surface area contributed by atoms with Crippen LogP contribution in [0.15, 0.2) is 18.2 Å². The van der Waals surface area contributed by atoms with Crippen molar-refractivity contribution in [3.8, 4) is 0 Å². The Balaban J connectivity index is 1.88. The van der Waals surface area contributed by atoms with E-state index in [0.717, 1.165) is 13.0 Å². The van der Waals surface area contributed by atoms with Gasteiger partial charge in [-0.15, -0.1) is 0 Å². The van der Waals surface area contributed by atoms with Crippen LogP contribution in [0.4, 0.5) is 0 Å². The van der Waals surface area contributed by atoms with Crippen LogP contribution in [0.3, 0.4) is 0 Å². The first kappa shape index (κ1) is 12.6. The van der Waals surface area contributed by atoms with Gasteiger partial charge in [-0.25, -0.2) is 0 Å². The Morgan fingerprint density at radius 1 is 1.41 bits per heavy atom. The Kier molecular flexibility index (Phi) is 3.82. The first-order valence-corrected chi connectivity index (χ1v) is 6.17. The summed E-state index contributed by atoms with van der Waals surface area (Å²) in [6.07, 6.45) is 0.729. The van der Waals surface area contributed by atoms with Crippen LogP contribution < -0.4 is 5.32 Å². The van der Waals surface area contributed by atoms with E-state index in [2.05, 4.69) is 37.4 Å². The lowest BCUT2D eigenvalue weighted by Crippen LogP contribution is -2.40. The van der Waals surface area contributed by atoms with Crippen LogP contribution >= 0.6 is 0 Å². The third kappa shape index (κ3) is 3.06. The predicted octanol–water partition coefficient (Wildman–Crippen LogP) is 1.54. The smallest absolute Gasteiger partial charge is 0.102 e. The summed E-state index contributed by atoms with van der Waals surface area (Å²) in [5, 5.41) is 13.4. The molecule has 1 aromatic rings. The quantitative estimate of drug-likeness (QED) is 0.832. The molecule has 0 bridgehead atoms. The van der Waals surface area contributed by atoms with E-state index in [4.69, 9.17) is 4.74 Å². The van der Waals surface area contributed by atoms with E-state index in [1.807, 2.05) is 0 Å². The molecule has 1 aliphatic heterocycles. The maximum absolute atomic E-state index is 10.1. The Bertz CT molecular complexity index is 384. The van der Waals surface area contributed by atoms with Gasteiger partial charge in [0.05, 0.1) is 6.61 Å². The van der Waals surface area contributed by atoms with Gasteiger partial charge >= 0.3 is 0 Å². The average Bonchev–Trinajstić information content (AvgIpc) is 2.72. The van der Waals surface area contributed by atoms with Crippen LogP contribution in [0, 0.1) is 13.8 Å². The van der Waals surface area contributed by atoms with Gasteiger partial charge < -0.3 is 15.2 Å². The minimum Gasteiger partial charge on any atom is -0.386 e. The van der Waals surface area contributed by atoms with Crippen molar-refractivity contribution in [2.75, 3.05) is 19.8 Å². The normalized spacial score (nSPS) is 24.2. The Hall–Kier alpha value is -0.900. The SMILES string of the molecule is Cc1cccc(CNCC2(O)CCOC2)c1C. The highest BCUT2D eigenvalue weighted by Crippen LogP contribution is 2.17. The first-order valence-electron chi connectivity index (χ1n) is 6.17. The Morgan fingerprint density at radius 3 is 2.94 bits per heavy atom. The van der Waals surface area contributed by atoms with Crippen LogP contribution in [0.25, 0.3) is 0 Å². The summed E-state index contributed by atoms with van der Waals surface area (Å²) in [7, 11) is 0. The molecule has 1 atom stereocenters. The van der Waals surface area contributed by atoms with Crippen LogP contribution in [-0.4, -0.2) is 30.5 Å². The highest BCUT2D eigenvalue weighted by atomic mass is 16.5. The molecule has 0 aliphatic carbocycles. The maximum Gasteiger partial charge on any atom is 0.102 e. The number of hydrogen-bond acceptors (Lipinski definition) is 3. The van der Waals surface area contributed by atoms with E-state index < -0.39 is 5.60 Å². The lowest BCUT2D eigenvalue weighted by atomic mass is 10.0. The van der Waals surface area contributed by atoms with Gasteiger partial charge in [-0.2, -0.15) is 0 Å². The van der Waals surface area contributed by atoms with E-state index in [-0.39, 0.29) is 0 Å². The molecule has 94 valence electrons. The zero-order chi connectivity index (χ0) is 12.3. The summed E-state index contributed by atoms with van der Waals surface area (Å²) < 4.78 is 5.22. The van der Waals surface area contributed by atoms with Crippen LogP contribution in [0.1, 0.15) is 23.1 Å². The largest absolute Gasteiger partial charge is 0.386 e. The number of nitrogens with one attached hydrogen (secondary N) is 1. The molecule has 1 unspecified atom stereocenters. The van der Waals surface area contributed by atoms with Gasteiger partial charge in [-0.3, -0.25) is 0 Å². The fourth-order valence-corrected chi connectivity index (χ4v) is 2.17. The second-order valence-corrected chi connectivity index (χ2v) is 4.99. The van der Waals surface area contributed by atoms with Crippen molar-refractivity contribution >= 4 is 0 Å². The molecule has 0 saturated carbocycles. The number of ether oxygens (including phenoxy) is 1. The number of benzene rings is 1. The second-order valence-electron chi connectivity index (χ2n) is 4.99. The molecule has 1 aromatic carbocycles. The first-order chi connectivity index (χ1) is 8.11. The Morgan fingerprint density at radius 2 is 2.24 bits per heavy atom. The van der Waals surface area contributed by atoms with Crippen LogP contribution in [0.2, 0.25) is 0 Å². The molecule has 1 saturated heterocycles. The minimum absolute atomic E-state index is 0.451. The summed E-state index contributed by atoms with van der Waals surface area (Å²) in [6.45, 7) is 6.78. The molecule has 2 N–H and O–H groups in total. The highest BCUT2D eigenvalue weighted by molar-refractivity contribution is 5.32. The molecule has 3 heteroatoms. The molecule has 0 amide bonds. The second kappa shape index (κ2) is 5.17. The van der Waals surface area contributed by atoms with Crippen molar-refractivity contribution in [2.45, 2.75) is 32.4 Å². The van der Waals surface area contributed by atoms with Crippen molar-refractivity contribution in [1.29, 1.82) is 0 Å². The number of aliphatic hydroxyl groups is 1. The van der Waals surface area contributed by atoms with Gasteiger partial charge in [0.2, 0.25) is 0 Å². The molecule has 1 heterocycles.